The molecule has 9 heteroatoms. The molecule has 3 aromatic carbocycles. The normalized spacial score (nSPS) is 10.8. The van der Waals surface area contributed by atoms with E-state index in [1.807, 2.05) is 0 Å². The average molecular weight is 392 g/mol. The lowest BCUT2D eigenvalue weighted by Gasteiger charge is -2.07. The number of carbonyl (C=O) groups excluding carboxylic acids is 1. The highest BCUT2D eigenvalue weighted by Crippen LogP contribution is 2.27. The Bertz CT molecular complexity index is 1230. The van der Waals surface area contributed by atoms with Crippen molar-refractivity contribution in [1.82, 2.24) is 9.71 Å². The number of nitro groups is 1. The van der Waals surface area contributed by atoms with Crippen LogP contribution >= 0.6 is 0 Å². The van der Waals surface area contributed by atoms with Gasteiger partial charge in [-0.3, -0.25) is 14.9 Å². The molecule has 8 nitrogen and oxygen atoms in total. The second-order valence-electron chi connectivity index (χ2n) is 6.22. The third-order valence-corrected chi connectivity index (χ3v) is 4.33. The number of nitrogens with one attached hydrogen (secondary N) is 1. The van der Waals surface area contributed by atoms with Gasteiger partial charge in [-0.15, -0.1) is 0 Å². The maximum atomic E-state index is 13.0. The van der Waals surface area contributed by atoms with Crippen molar-refractivity contribution in [3.05, 3.63) is 88.2 Å². The number of non-ortho nitro benzene ring substituents is 1. The van der Waals surface area contributed by atoms with E-state index < -0.39 is 10.7 Å². The van der Waals surface area contributed by atoms with Crippen molar-refractivity contribution in [3.63, 3.8) is 0 Å². The van der Waals surface area contributed by atoms with E-state index in [0.717, 1.165) is 4.73 Å². The van der Waals surface area contributed by atoms with Gasteiger partial charge in [0.2, 0.25) is 0 Å². The number of aromatic nitrogens is 2. The Morgan fingerprint density at radius 1 is 1.07 bits per heavy atom. The van der Waals surface area contributed by atoms with Gasteiger partial charge < -0.3 is 10.5 Å². The van der Waals surface area contributed by atoms with Crippen LogP contribution in [-0.4, -0.2) is 25.8 Å². The molecule has 0 radical (unpaired) electrons. The third-order valence-electron chi connectivity index (χ3n) is 4.33. The molecule has 0 atom stereocenters. The standard InChI is InChI=1S/C20H13FN4O4/c21-14-5-1-13(2-6-14)20(26)22-15-7-3-12(4-8-15)19-23-17-10-9-16(25(28)29)11-18(17)24(19)27/h1-11,27H,(H,22,26). The second-order valence-corrected chi connectivity index (χ2v) is 6.22. The van der Waals surface area contributed by atoms with Crippen LogP contribution in [0.2, 0.25) is 0 Å². The smallest absolute Gasteiger partial charge is 0.271 e. The van der Waals surface area contributed by atoms with E-state index >= 15 is 0 Å². The van der Waals surface area contributed by atoms with Gasteiger partial charge >= 0.3 is 0 Å². The Labute approximate surface area is 163 Å². The molecule has 0 saturated heterocycles. The van der Waals surface area contributed by atoms with Gasteiger partial charge in [-0.1, -0.05) is 0 Å². The number of imidazole rings is 1. The zero-order valence-corrected chi connectivity index (χ0v) is 14.7. The van der Waals surface area contributed by atoms with Crippen molar-refractivity contribution in [1.29, 1.82) is 0 Å². The summed E-state index contributed by atoms with van der Waals surface area (Å²) in [4.78, 5) is 26.9. The topological polar surface area (TPSA) is 110 Å². The van der Waals surface area contributed by atoms with E-state index in [2.05, 4.69) is 10.3 Å². The molecule has 1 aromatic heterocycles. The number of anilines is 1. The first kappa shape index (κ1) is 18.1. The highest BCUT2D eigenvalue weighted by molar-refractivity contribution is 6.04. The van der Waals surface area contributed by atoms with Crippen molar-refractivity contribution in [2.75, 3.05) is 5.32 Å². The monoisotopic (exact) mass is 392 g/mol. The van der Waals surface area contributed by atoms with Gasteiger partial charge in [0, 0.05) is 28.9 Å². The molecule has 0 fully saturated rings. The summed E-state index contributed by atoms with van der Waals surface area (Å²) in [7, 11) is 0. The number of halogens is 1. The number of benzene rings is 3. The van der Waals surface area contributed by atoms with Crippen LogP contribution in [0.1, 0.15) is 10.4 Å². The van der Waals surface area contributed by atoms with Crippen molar-refractivity contribution < 1.29 is 19.3 Å². The van der Waals surface area contributed by atoms with Crippen molar-refractivity contribution in [3.8, 4) is 11.4 Å². The van der Waals surface area contributed by atoms with Crippen molar-refractivity contribution >= 4 is 28.3 Å². The zero-order chi connectivity index (χ0) is 20.5. The SMILES string of the molecule is O=C(Nc1ccc(-c2nc3ccc([N+](=O)[O-])cc3n2O)cc1)c1ccc(F)cc1. The number of fused-ring (bicyclic) bond motifs is 1. The number of carbonyl (C=O) groups is 1. The summed E-state index contributed by atoms with van der Waals surface area (Å²) >= 11 is 0. The average Bonchev–Trinajstić information content (AvgIpc) is 3.05. The van der Waals surface area contributed by atoms with E-state index in [1.54, 1.807) is 24.3 Å². The first-order chi connectivity index (χ1) is 13.9. The Kier molecular flexibility index (Phi) is 4.40. The highest BCUT2D eigenvalue weighted by atomic mass is 19.1. The fourth-order valence-electron chi connectivity index (χ4n) is 2.86. The van der Waals surface area contributed by atoms with Crippen LogP contribution < -0.4 is 5.32 Å². The van der Waals surface area contributed by atoms with Gasteiger partial charge in [0.1, 0.15) is 11.3 Å². The van der Waals surface area contributed by atoms with Gasteiger partial charge in [0.15, 0.2) is 5.82 Å². The maximum Gasteiger partial charge on any atom is 0.271 e. The van der Waals surface area contributed by atoms with Gasteiger partial charge in [-0.2, -0.15) is 4.73 Å². The highest BCUT2D eigenvalue weighted by Gasteiger charge is 2.16. The lowest BCUT2D eigenvalue weighted by Crippen LogP contribution is -2.11. The predicted molar refractivity (Wildman–Crippen MR) is 103 cm³/mol. The Morgan fingerprint density at radius 2 is 1.76 bits per heavy atom. The number of nitro benzene ring substituents is 1. The second kappa shape index (κ2) is 7.04. The predicted octanol–water partition coefficient (Wildman–Crippen LogP) is 4.24. The summed E-state index contributed by atoms with van der Waals surface area (Å²) in [5.74, 6) is -0.612. The molecular formula is C20H13FN4O4. The quantitative estimate of drug-likeness (QED) is 0.307. The summed E-state index contributed by atoms with van der Waals surface area (Å²) in [5.41, 5.74) is 1.82. The largest absolute Gasteiger partial charge is 0.426 e. The molecule has 29 heavy (non-hydrogen) atoms. The molecular weight excluding hydrogens is 379 g/mol. The van der Waals surface area contributed by atoms with Crippen LogP contribution in [-0.2, 0) is 0 Å². The Morgan fingerprint density at radius 3 is 2.41 bits per heavy atom. The van der Waals surface area contributed by atoms with Crippen LogP contribution in [0, 0.1) is 15.9 Å². The number of amides is 1. The third kappa shape index (κ3) is 3.48. The molecule has 1 heterocycles. The molecule has 4 rings (SSSR count). The van der Waals surface area contributed by atoms with Crippen LogP contribution in [0.25, 0.3) is 22.4 Å². The minimum Gasteiger partial charge on any atom is -0.426 e. The van der Waals surface area contributed by atoms with Crippen molar-refractivity contribution in [2.45, 2.75) is 0 Å². The number of hydrogen-bond acceptors (Lipinski definition) is 5. The molecule has 2 N–H and O–H groups in total. The fourth-order valence-corrected chi connectivity index (χ4v) is 2.86. The minimum atomic E-state index is -0.551. The molecule has 0 bridgehead atoms. The van der Waals surface area contributed by atoms with Gasteiger partial charge in [-0.25, -0.2) is 9.37 Å². The number of hydrogen-bond donors (Lipinski definition) is 2. The maximum absolute atomic E-state index is 13.0. The molecule has 0 spiro atoms. The molecule has 144 valence electrons. The number of nitrogens with zero attached hydrogens (tertiary/aromatic N) is 3. The zero-order valence-electron chi connectivity index (χ0n) is 14.7. The molecule has 0 unspecified atom stereocenters. The molecule has 0 saturated carbocycles. The van der Waals surface area contributed by atoms with E-state index in [1.165, 1.54) is 42.5 Å². The van der Waals surface area contributed by atoms with E-state index in [4.69, 9.17) is 0 Å². The first-order valence-corrected chi connectivity index (χ1v) is 8.46. The number of rotatable bonds is 4. The molecule has 0 aliphatic heterocycles. The summed E-state index contributed by atoms with van der Waals surface area (Å²) in [6.07, 6.45) is 0. The molecule has 0 aliphatic rings. The van der Waals surface area contributed by atoms with Gasteiger partial charge in [-0.05, 0) is 54.6 Å². The molecule has 4 aromatic rings. The van der Waals surface area contributed by atoms with Gasteiger partial charge in [0.05, 0.1) is 10.4 Å². The van der Waals surface area contributed by atoms with Crippen LogP contribution in [0.3, 0.4) is 0 Å². The molecule has 0 aliphatic carbocycles. The Hall–Kier alpha value is -4.27. The first-order valence-electron chi connectivity index (χ1n) is 8.46. The minimum absolute atomic E-state index is 0.155. The lowest BCUT2D eigenvalue weighted by molar-refractivity contribution is -0.384. The van der Waals surface area contributed by atoms with Crippen molar-refractivity contribution in [2.24, 2.45) is 0 Å². The summed E-state index contributed by atoms with van der Waals surface area (Å²) in [6.45, 7) is 0. The van der Waals surface area contributed by atoms with E-state index in [9.17, 15) is 24.5 Å². The van der Waals surface area contributed by atoms with Crippen LogP contribution in [0.4, 0.5) is 15.8 Å². The van der Waals surface area contributed by atoms with E-state index in [0.29, 0.717) is 22.3 Å². The van der Waals surface area contributed by atoms with Gasteiger partial charge in [0.25, 0.3) is 11.6 Å². The summed E-state index contributed by atoms with van der Waals surface area (Å²) in [5, 5.41) is 24.0. The summed E-state index contributed by atoms with van der Waals surface area (Å²) in [6, 6.07) is 15.7. The lowest BCUT2D eigenvalue weighted by atomic mass is 10.1. The fraction of sp³-hybridized carbons (Fsp3) is 0. The van der Waals surface area contributed by atoms with Crippen LogP contribution in [0.15, 0.2) is 66.7 Å². The Balaban J connectivity index is 1.59. The molecule has 1 amide bonds. The van der Waals surface area contributed by atoms with Crippen LogP contribution in [0.5, 0.6) is 0 Å². The van der Waals surface area contributed by atoms with E-state index in [-0.39, 0.29) is 22.9 Å². The summed E-state index contributed by atoms with van der Waals surface area (Å²) < 4.78 is 13.7.